The minimum Gasteiger partial charge on any atom is -0.493 e. The Kier molecular flexibility index (Phi) is 8.99. The predicted octanol–water partition coefficient (Wildman–Crippen LogP) is 3.60. The van der Waals surface area contributed by atoms with E-state index in [1.165, 1.54) is 26.4 Å². The minimum atomic E-state index is -1.04. The number of unbranched alkanes of at least 4 members (excludes halogenated alkanes) is 1. The Hall–Kier alpha value is -3.42. The first-order chi connectivity index (χ1) is 14.9. The van der Waals surface area contributed by atoms with Crippen molar-refractivity contribution in [2.45, 2.75) is 26.2 Å². The van der Waals surface area contributed by atoms with Crippen LogP contribution in [0.4, 0.5) is 8.78 Å². The lowest BCUT2D eigenvalue weighted by Gasteiger charge is -2.12. The zero-order valence-corrected chi connectivity index (χ0v) is 17.8. The van der Waals surface area contributed by atoms with Crippen molar-refractivity contribution in [3.05, 3.63) is 64.9 Å². The van der Waals surface area contributed by atoms with E-state index in [0.717, 1.165) is 25.0 Å². The Bertz CT molecular complexity index is 961. The number of hydrogen-bond acceptors (Lipinski definition) is 4. The Balaban J connectivity index is 2.25. The lowest BCUT2D eigenvalue weighted by molar-refractivity contribution is -0.123. The van der Waals surface area contributed by atoms with Crippen molar-refractivity contribution < 1.29 is 27.8 Å². The molecule has 0 fully saturated rings. The van der Waals surface area contributed by atoms with Gasteiger partial charge in [0, 0.05) is 6.54 Å². The van der Waals surface area contributed by atoms with Crippen LogP contribution in [-0.4, -0.2) is 32.6 Å². The fourth-order valence-corrected chi connectivity index (χ4v) is 2.77. The summed E-state index contributed by atoms with van der Waals surface area (Å²) >= 11 is 0. The van der Waals surface area contributed by atoms with E-state index < -0.39 is 23.4 Å². The molecule has 0 atom stereocenters. The number of halogens is 2. The molecule has 2 rings (SSSR count). The Labute approximate surface area is 180 Å². The molecule has 166 valence electrons. The van der Waals surface area contributed by atoms with Gasteiger partial charge in [0.2, 0.25) is 5.91 Å². The van der Waals surface area contributed by atoms with Gasteiger partial charge in [0.05, 0.1) is 20.6 Å². The van der Waals surface area contributed by atoms with Crippen LogP contribution < -0.4 is 20.1 Å². The summed E-state index contributed by atoms with van der Waals surface area (Å²) in [5, 5.41) is 5.32. The van der Waals surface area contributed by atoms with Crippen LogP contribution >= 0.6 is 0 Å². The van der Waals surface area contributed by atoms with Gasteiger partial charge in [0.15, 0.2) is 23.1 Å². The van der Waals surface area contributed by atoms with E-state index in [1.54, 1.807) is 18.2 Å². The molecule has 8 heteroatoms. The summed E-state index contributed by atoms with van der Waals surface area (Å²) in [6.07, 6.45) is 2.98. The molecule has 0 spiro atoms. The van der Waals surface area contributed by atoms with E-state index in [4.69, 9.17) is 9.47 Å². The summed E-state index contributed by atoms with van der Waals surface area (Å²) in [6, 6.07) is 8.28. The summed E-state index contributed by atoms with van der Waals surface area (Å²) in [6.45, 7) is 2.45. The summed E-state index contributed by atoms with van der Waals surface area (Å²) in [7, 11) is 3.01. The minimum absolute atomic E-state index is 0.0240. The fraction of sp³-hybridized carbons (Fsp3) is 0.304. The van der Waals surface area contributed by atoms with Gasteiger partial charge >= 0.3 is 0 Å². The maximum Gasteiger partial charge on any atom is 0.267 e. The van der Waals surface area contributed by atoms with Gasteiger partial charge in [-0.3, -0.25) is 9.59 Å². The summed E-state index contributed by atoms with van der Waals surface area (Å²) in [5.41, 5.74) is 0.913. The van der Waals surface area contributed by atoms with Crippen molar-refractivity contribution in [2.24, 2.45) is 0 Å². The van der Waals surface area contributed by atoms with Crippen LogP contribution in [-0.2, 0) is 16.0 Å². The molecule has 0 heterocycles. The summed E-state index contributed by atoms with van der Waals surface area (Å²) < 4.78 is 37.0. The second kappa shape index (κ2) is 11.7. The van der Waals surface area contributed by atoms with Gasteiger partial charge in [0.1, 0.15) is 5.70 Å². The topological polar surface area (TPSA) is 76.7 Å². The first kappa shape index (κ1) is 23.9. The van der Waals surface area contributed by atoms with E-state index in [2.05, 4.69) is 10.6 Å². The molecule has 0 aliphatic carbocycles. The second-order valence-corrected chi connectivity index (χ2v) is 6.76. The Morgan fingerprint density at radius 1 is 1.00 bits per heavy atom. The molecule has 0 unspecified atom stereocenters. The molecule has 2 amide bonds. The smallest absolute Gasteiger partial charge is 0.267 e. The van der Waals surface area contributed by atoms with Crippen molar-refractivity contribution in [1.29, 1.82) is 0 Å². The van der Waals surface area contributed by atoms with E-state index in [9.17, 15) is 18.4 Å². The SMILES string of the molecule is CCCCNC(=O)/C(=C\c1ccc(OC)c(OC)c1)NC(=O)Cc1ccc(F)c(F)c1. The molecule has 0 aliphatic heterocycles. The first-order valence-electron chi connectivity index (χ1n) is 9.83. The lowest BCUT2D eigenvalue weighted by Crippen LogP contribution is -2.36. The highest BCUT2D eigenvalue weighted by Crippen LogP contribution is 2.28. The number of carbonyl (C=O) groups is 2. The highest BCUT2D eigenvalue weighted by Gasteiger charge is 2.15. The van der Waals surface area contributed by atoms with Gasteiger partial charge in [-0.1, -0.05) is 25.5 Å². The van der Waals surface area contributed by atoms with Gasteiger partial charge < -0.3 is 20.1 Å². The highest BCUT2D eigenvalue weighted by atomic mass is 19.2. The zero-order chi connectivity index (χ0) is 22.8. The van der Waals surface area contributed by atoms with Crippen molar-refractivity contribution in [2.75, 3.05) is 20.8 Å². The molecule has 0 aromatic heterocycles. The van der Waals surface area contributed by atoms with Crippen LogP contribution in [0.5, 0.6) is 11.5 Å². The van der Waals surface area contributed by atoms with Gasteiger partial charge in [-0.2, -0.15) is 0 Å². The van der Waals surface area contributed by atoms with E-state index in [-0.39, 0.29) is 17.7 Å². The lowest BCUT2D eigenvalue weighted by atomic mass is 10.1. The third-order valence-corrected chi connectivity index (χ3v) is 4.40. The molecule has 0 saturated heterocycles. The fourth-order valence-electron chi connectivity index (χ4n) is 2.77. The van der Waals surface area contributed by atoms with Crippen LogP contribution in [0.15, 0.2) is 42.1 Å². The van der Waals surface area contributed by atoms with Crippen molar-refractivity contribution >= 4 is 17.9 Å². The van der Waals surface area contributed by atoms with Crippen molar-refractivity contribution in [3.8, 4) is 11.5 Å². The number of carbonyl (C=O) groups excluding carboxylic acids is 2. The van der Waals surface area contributed by atoms with Gasteiger partial charge in [-0.25, -0.2) is 8.78 Å². The number of ether oxygens (including phenoxy) is 2. The zero-order valence-electron chi connectivity index (χ0n) is 17.8. The summed E-state index contributed by atoms with van der Waals surface area (Å²) in [5.74, 6) is -2.03. The first-order valence-corrected chi connectivity index (χ1v) is 9.83. The number of nitrogens with one attached hydrogen (secondary N) is 2. The predicted molar refractivity (Wildman–Crippen MR) is 114 cm³/mol. The molecule has 2 N–H and O–H groups in total. The maximum atomic E-state index is 13.4. The Morgan fingerprint density at radius 2 is 1.74 bits per heavy atom. The van der Waals surface area contributed by atoms with Gasteiger partial charge in [0.25, 0.3) is 5.91 Å². The number of benzene rings is 2. The third kappa shape index (κ3) is 7.09. The van der Waals surface area contributed by atoms with Crippen LogP contribution in [0.25, 0.3) is 6.08 Å². The van der Waals surface area contributed by atoms with E-state index >= 15 is 0 Å². The third-order valence-electron chi connectivity index (χ3n) is 4.40. The monoisotopic (exact) mass is 432 g/mol. The summed E-state index contributed by atoms with van der Waals surface area (Å²) in [4.78, 5) is 25.1. The Morgan fingerprint density at radius 3 is 2.39 bits per heavy atom. The molecule has 6 nitrogen and oxygen atoms in total. The van der Waals surface area contributed by atoms with Gasteiger partial charge in [-0.05, 0) is 47.9 Å². The number of amides is 2. The van der Waals surface area contributed by atoms with Crippen LogP contribution in [0.3, 0.4) is 0 Å². The largest absolute Gasteiger partial charge is 0.493 e. The van der Waals surface area contributed by atoms with Crippen molar-refractivity contribution in [3.63, 3.8) is 0 Å². The number of methoxy groups -OCH3 is 2. The number of hydrogen-bond donors (Lipinski definition) is 2. The molecular formula is C23H26F2N2O4. The second-order valence-electron chi connectivity index (χ2n) is 6.76. The van der Waals surface area contributed by atoms with Crippen molar-refractivity contribution in [1.82, 2.24) is 10.6 Å². The average molecular weight is 432 g/mol. The molecule has 31 heavy (non-hydrogen) atoms. The van der Waals surface area contributed by atoms with Crippen LogP contribution in [0, 0.1) is 11.6 Å². The molecule has 0 bridgehead atoms. The van der Waals surface area contributed by atoms with Crippen LogP contribution in [0.1, 0.15) is 30.9 Å². The van der Waals surface area contributed by atoms with E-state index in [1.807, 2.05) is 6.92 Å². The molecule has 0 aliphatic rings. The molecular weight excluding hydrogens is 406 g/mol. The maximum absolute atomic E-state index is 13.4. The van der Waals surface area contributed by atoms with E-state index in [0.29, 0.717) is 23.6 Å². The molecule has 0 radical (unpaired) electrons. The quantitative estimate of drug-likeness (QED) is 0.444. The van der Waals surface area contributed by atoms with Gasteiger partial charge in [-0.15, -0.1) is 0 Å². The molecule has 0 saturated carbocycles. The average Bonchev–Trinajstić information content (AvgIpc) is 2.75. The molecule has 2 aromatic rings. The molecule has 2 aromatic carbocycles. The standard InChI is InChI=1S/C23H26F2N2O4/c1-4-5-10-26-23(29)19(12-16-7-9-20(30-2)21(13-16)31-3)27-22(28)14-15-6-8-17(24)18(25)11-15/h6-9,11-13H,4-5,10,14H2,1-3H3,(H,26,29)(H,27,28)/b19-12+. The normalized spacial score (nSPS) is 11.1. The number of rotatable bonds is 10. The highest BCUT2D eigenvalue weighted by molar-refractivity contribution is 6.01. The van der Waals surface area contributed by atoms with Crippen LogP contribution in [0.2, 0.25) is 0 Å².